The maximum atomic E-state index is 12.4. The van der Waals surface area contributed by atoms with E-state index < -0.39 is 10.0 Å². The van der Waals surface area contributed by atoms with E-state index in [0.29, 0.717) is 5.56 Å². The molecule has 2 rings (SSSR count). The number of rotatable bonds is 3. The highest BCUT2D eigenvalue weighted by Gasteiger charge is 2.29. The summed E-state index contributed by atoms with van der Waals surface area (Å²) in [7, 11) is -3.58. The molecule has 1 saturated heterocycles. The third-order valence-electron chi connectivity index (χ3n) is 3.71. The summed E-state index contributed by atoms with van der Waals surface area (Å²) in [4.78, 5) is 2.85. The van der Waals surface area contributed by atoms with Crippen LogP contribution in [0.25, 0.3) is 0 Å². The lowest BCUT2D eigenvalue weighted by molar-refractivity contribution is 0.0790. The van der Waals surface area contributed by atoms with Crippen LogP contribution in [0, 0.1) is 11.3 Å². The number of hydrogen-bond acceptors (Lipinski definition) is 4. The summed E-state index contributed by atoms with van der Waals surface area (Å²) in [5.74, 6) is 0. The Hall–Kier alpha value is -1.42. The Bertz CT molecular complexity index is 594. The fourth-order valence-corrected chi connectivity index (χ4v) is 3.74. The molecule has 1 heterocycles. The second-order valence-electron chi connectivity index (χ2n) is 5.27. The first kappa shape index (κ1) is 15.0. The second-order valence-corrected chi connectivity index (χ2v) is 6.93. The van der Waals surface area contributed by atoms with Gasteiger partial charge in [0.1, 0.15) is 0 Å². The van der Waals surface area contributed by atoms with Gasteiger partial charge in [-0.1, -0.05) is 6.42 Å². The molecule has 0 aromatic heterocycles. The van der Waals surface area contributed by atoms with Gasteiger partial charge in [-0.25, -0.2) is 13.4 Å². The molecule has 1 N–H and O–H groups in total. The van der Waals surface area contributed by atoms with Crippen LogP contribution in [0.4, 0.5) is 0 Å². The molecule has 1 aromatic rings. The van der Waals surface area contributed by atoms with Gasteiger partial charge in [0.2, 0.25) is 0 Å². The Balaban J connectivity index is 2.19. The van der Waals surface area contributed by atoms with Crippen LogP contribution < -0.4 is 4.83 Å². The minimum Gasteiger partial charge on any atom is -0.225 e. The van der Waals surface area contributed by atoms with Gasteiger partial charge in [-0.2, -0.15) is 5.26 Å². The van der Waals surface area contributed by atoms with E-state index in [4.69, 9.17) is 5.26 Å². The fourth-order valence-electron chi connectivity index (χ4n) is 2.50. The normalized spacial score (nSPS) is 24.2. The van der Waals surface area contributed by atoms with Crippen LogP contribution in [0.1, 0.15) is 38.7 Å². The molecule has 1 aromatic carbocycles. The molecule has 0 bridgehead atoms. The predicted octanol–water partition coefficient (Wildman–Crippen LogP) is 2.01. The molecule has 1 aliphatic rings. The van der Waals surface area contributed by atoms with E-state index in [2.05, 4.69) is 4.83 Å². The van der Waals surface area contributed by atoms with E-state index in [-0.39, 0.29) is 17.0 Å². The molecule has 0 saturated carbocycles. The van der Waals surface area contributed by atoms with E-state index in [0.717, 1.165) is 19.3 Å². The smallest absolute Gasteiger partial charge is 0.225 e. The zero-order chi connectivity index (χ0) is 14.8. The average molecular weight is 293 g/mol. The highest BCUT2D eigenvalue weighted by molar-refractivity contribution is 7.89. The van der Waals surface area contributed by atoms with Crippen molar-refractivity contribution in [3.05, 3.63) is 29.8 Å². The number of nitrogens with zero attached hydrogens (tertiary/aromatic N) is 2. The van der Waals surface area contributed by atoms with Gasteiger partial charge >= 0.3 is 0 Å². The number of benzene rings is 1. The van der Waals surface area contributed by atoms with Crippen molar-refractivity contribution in [1.29, 1.82) is 5.26 Å². The summed E-state index contributed by atoms with van der Waals surface area (Å²) in [5, 5.41) is 10.6. The molecule has 1 aliphatic heterocycles. The van der Waals surface area contributed by atoms with Gasteiger partial charge in [-0.05, 0) is 51.0 Å². The van der Waals surface area contributed by atoms with Gasteiger partial charge in [-0.3, -0.25) is 0 Å². The van der Waals surface area contributed by atoms with Gasteiger partial charge in [0, 0.05) is 12.1 Å². The van der Waals surface area contributed by atoms with E-state index >= 15 is 0 Å². The van der Waals surface area contributed by atoms with Gasteiger partial charge < -0.3 is 0 Å². The van der Waals surface area contributed by atoms with Crippen molar-refractivity contribution in [2.24, 2.45) is 0 Å². The summed E-state index contributed by atoms with van der Waals surface area (Å²) >= 11 is 0. The molecular weight excluding hydrogens is 274 g/mol. The molecule has 108 valence electrons. The molecule has 5 nitrogen and oxygen atoms in total. The van der Waals surface area contributed by atoms with Crippen LogP contribution in [-0.4, -0.2) is 25.5 Å². The zero-order valence-corrected chi connectivity index (χ0v) is 12.5. The number of nitrogens with one attached hydrogen (secondary N) is 1. The summed E-state index contributed by atoms with van der Waals surface area (Å²) in [6.07, 6.45) is 3.10. The first-order valence-corrected chi connectivity index (χ1v) is 8.23. The zero-order valence-electron chi connectivity index (χ0n) is 11.7. The molecule has 6 heteroatoms. The number of hydrogen-bond donors (Lipinski definition) is 1. The van der Waals surface area contributed by atoms with Crippen LogP contribution in [-0.2, 0) is 10.0 Å². The van der Waals surface area contributed by atoms with Crippen molar-refractivity contribution in [1.82, 2.24) is 9.84 Å². The third kappa shape index (κ3) is 3.18. The molecule has 2 atom stereocenters. The first-order chi connectivity index (χ1) is 9.44. The van der Waals surface area contributed by atoms with Crippen molar-refractivity contribution in [2.45, 2.75) is 50.1 Å². The Kier molecular flexibility index (Phi) is 4.43. The Morgan fingerprint density at radius 1 is 1.20 bits per heavy atom. The van der Waals surface area contributed by atoms with Crippen LogP contribution >= 0.6 is 0 Å². The molecule has 1 fully saturated rings. The van der Waals surface area contributed by atoms with E-state index in [1.165, 1.54) is 24.3 Å². The van der Waals surface area contributed by atoms with E-state index in [1.54, 1.807) is 0 Å². The summed E-state index contributed by atoms with van der Waals surface area (Å²) in [6, 6.07) is 8.29. The summed E-state index contributed by atoms with van der Waals surface area (Å²) in [6.45, 7) is 4.05. The molecule has 20 heavy (non-hydrogen) atoms. The van der Waals surface area contributed by atoms with Gasteiger partial charge in [0.25, 0.3) is 10.0 Å². The Morgan fingerprint density at radius 2 is 1.75 bits per heavy atom. The third-order valence-corrected chi connectivity index (χ3v) is 5.06. The molecule has 0 amide bonds. The lowest BCUT2D eigenvalue weighted by Crippen LogP contribution is -2.53. The predicted molar refractivity (Wildman–Crippen MR) is 76.1 cm³/mol. The highest BCUT2D eigenvalue weighted by Crippen LogP contribution is 2.22. The van der Waals surface area contributed by atoms with Crippen LogP contribution in [0.5, 0.6) is 0 Å². The lowest BCUT2D eigenvalue weighted by Gasteiger charge is -2.38. The maximum absolute atomic E-state index is 12.4. The molecule has 0 radical (unpaired) electrons. The van der Waals surface area contributed by atoms with E-state index in [9.17, 15) is 8.42 Å². The van der Waals surface area contributed by atoms with E-state index in [1.807, 2.05) is 24.9 Å². The quantitative estimate of drug-likeness (QED) is 0.925. The SMILES string of the molecule is CC1CCCC(C)N1NS(=O)(=O)c1ccc(C#N)cc1. The topological polar surface area (TPSA) is 73.2 Å². The number of nitriles is 1. The monoisotopic (exact) mass is 293 g/mol. The minimum absolute atomic E-state index is 0.182. The van der Waals surface area contributed by atoms with Crippen molar-refractivity contribution in [2.75, 3.05) is 0 Å². The maximum Gasteiger partial charge on any atom is 0.253 e. The molecule has 0 aliphatic carbocycles. The van der Waals surface area contributed by atoms with Gasteiger partial charge in [0.05, 0.1) is 16.5 Å². The second kappa shape index (κ2) is 5.92. The highest BCUT2D eigenvalue weighted by atomic mass is 32.2. The van der Waals surface area contributed by atoms with Crippen molar-refractivity contribution in [3.8, 4) is 6.07 Å². The summed E-state index contributed by atoms with van der Waals surface area (Å²) < 4.78 is 24.7. The standard InChI is InChI=1S/C14H19N3O2S/c1-11-4-3-5-12(2)17(11)16-20(18,19)14-8-6-13(10-15)7-9-14/h6-9,11-12,16H,3-5H2,1-2H3. The fraction of sp³-hybridized carbons (Fsp3) is 0.500. The molecule has 0 spiro atoms. The van der Waals surface area contributed by atoms with Crippen LogP contribution in [0.2, 0.25) is 0 Å². The largest absolute Gasteiger partial charge is 0.253 e. The average Bonchev–Trinajstić information content (AvgIpc) is 2.43. The Labute approximate surface area is 120 Å². The minimum atomic E-state index is -3.58. The molecular formula is C14H19N3O2S. The Morgan fingerprint density at radius 3 is 2.25 bits per heavy atom. The van der Waals surface area contributed by atoms with Crippen molar-refractivity contribution in [3.63, 3.8) is 0 Å². The summed E-state index contributed by atoms with van der Waals surface area (Å²) in [5.41, 5.74) is 0.448. The van der Waals surface area contributed by atoms with Crippen molar-refractivity contribution < 1.29 is 8.42 Å². The number of hydrazine groups is 1. The van der Waals surface area contributed by atoms with Crippen molar-refractivity contribution >= 4 is 10.0 Å². The van der Waals surface area contributed by atoms with Crippen LogP contribution in [0.15, 0.2) is 29.2 Å². The van der Waals surface area contributed by atoms with Gasteiger partial charge in [-0.15, -0.1) is 4.83 Å². The first-order valence-electron chi connectivity index (χ1n) is 6.75. The molecule has 2 unspecified atom stereocenters. The van der Waals surface area contributed by atoms with Gasteiger partial charge in [0.15, 0.2) is 0 Å². The number of sulfonamides is 1. The van der Waals surface area contributed by atoms with Crippen LogP contribution in [0.3, 0.4) is 0 Å². The lowest BCUT2D eigenvalue weighted by atomic mass is 10.0. The number of piperidine rings is 1.